The van der Waals surface area contributed by atoms with Gasteiger partial charge >= 0.3 is 0 Å². The second kappa shape index (κ2) is 6.10. The molecule has 3 heteroatoms. The highest BCUT2D eigenvalue weighted by Gasteiger charge is 2.18. The lowest BCUT2D eigenvalue weighted by Gasteiger charge is -2.25. The zero-order valence-corrected chi connectivity index (χ0v) is 11.2. The van der Waals surface area contributed by atoms with Gasteiger partial charge in [-0.25, -0.2) is 0 Å². The van der Waals surface area contributed by atoms with Gasteiger partial charge in [0, 0.05) is 11.6 Å². The van der Waals surface area contributed by atoms with E-state index in [1.54, 1.807) is 14.0 Å². The Morgan fingerprint density at radius 1 is 1.22 bits per heavy atom. The first-order valence-corrected chi connectivity index (χ1v) is 6.73. The molecule has 0 spiro atoms. The third-order valence-corrected chi connectivity index (χ3v) is 3.52. The Bertz CT molecular complexity index is 381. The molecule has 0 saturated heterocycles. The summed E-state index contributed by atoms with van der Waals surface area (Å²) in [6.07, 6.45) is 5.75. The van der Waals surface area contributed by atoms with E-state index in [1.165, 1.54) is 19.3 Å². The Hall–Kier alpha value is -1.22. The third-order valence-electron chi connectivity index (χ3n) is 3.52. The fourth-order valence-electron chi connectivity index (χ4n) is 2.45. The molecule has 1 atom stereocenters. The summed E-state index contributed by atoms with van der Waals surface area (Å²) < 4.78 is 11.3. The van der Waals surface area contributed by atoms with Crippen molar-refractivity contribution in [3.63, 3.8) is 0 Å². The standard InChI is InChI=1S/C15H22O3/c1-11(16)14-9-8-13(17-2)10-15(14)18-12-6-4-3-5-7-12/h8-12,16H,3-7H2,1-2H3/t11-/m0/s1. The van der Waals surface area contributed by atoms with Crippen LogP contribution in [0.1, 0.15) is 50.7 Å². The molecule has 0 unspecified atom stereocenters. The lowest BCUT2D eigenvalue weighted by Crippen LogP contribution is -2.20. The molecule has 1 aromatic rings. The van der Waals surface area contributed by atoms with Crippen LogP contribution in [0.4, 0.5) is 0 Å². The third kappa shape index (κ3) is 3.16. The largest absolute Gasteiger partial charge is 0.497 e. The zero-order chi connectivity index (χ0) is 13.0. The van der Waals surface area contributed by atoms with Gasteiger partial charge in [-0.1, -0.05) is 6.42 Å². The summed E-state index contributed by atoms with van der Waals surface area (Å²) in [6, 6.07) is 5.61. The van der Waals surface area contributed by atoms with Gasteiger partial charge in [0.15, 0.2) is 0 Å². The molecular formula is C15H22O3. The van der Waals surface area contributed by atoms with Crippen LogP contribution in [0.2, 0.25) is 0 Å². The lowest BCUT2D eigenvalue weighted by molar-refractivity contribution is 0.141. The van der Waals surface area contributed by atoms with Crippen molar-refractivity contribution >= 4 is 0 Å². The summed E-state index contributed by atoms with van der Waals surface area (Å²) in [7, 11) is 1.64. The smallest absolute Gasteiger partial charge is 0.129 e. The Kier molecular flexibility index (Phi) is 4.48. The Morgan fingerprint density at radius 3 is 2.56 bits per heavy atom. The first-order chi connectivity index (χ1) is 8.70. The van der Waals surface area contributed by atoms with E-state index >= 15 is 0 Å². The predicted molar refractivity (Wildman–Crippen MR) is 71.1 cm³/mol. The molecule has 0 aliphatic heterocycles. The van der Waals surface area contributed by atoms with Crippen molar-refractivity contribution in [2.45, 2.75) is 51.2 Å². The maximum atomic E-state index is 9.78. The van der Waals surface area contributed by atoms with Crippen molar-refractivity contribution in [2.75, 3.05) is 7.11 Å². The number of aliphatic hydroxyl groups is 1. The van der Waals surface area contributed by atoms with Crippen molar-refractivity contribution in [3.8, 4) is 11.5 Å². The maximum absolute atomic E-state index is 9.78. The summed E-state index contributed by atoms with van der Waals surface area (Å²) in [5.41, 5.74) is 0.835. The minimum absolute atomic E-state index is 0.281. The van der Waals surface area contributed by atoms with Crippen LogP contribution in [0, 0.1) is 0 Å². The quantitative estimate of drug-likeness (QED) is 0.889. The highest BCUT2D eigenvalue weighted by Crippen LogP contribution is 2.32. The van der Waals surface area contributed by atoms with Gasteiger partial charge in [-0.2, -0.15) is 0 Å². The van der Waals surface area contributed by atoms with Gasteiger partial charge in [0.25, 0.3) is 0 Å². The monoisotopic (exact) mass is 250 g/mol. The predicted octanol–water partition coefficient (Wildman–Crippen LogP) is 3.46. The Morgan fingerprint density at radius 2 is 1.94 bits per heavy atom. The first kappa shape index (κ1) is 13.2. The van der Waals surface area contributed by atoms with E-state index in [1.807, 2.05) is 18.2 Å². The Balaban J connectivity index is 2.17. The first-order valence-electron chi connectivity index (χ1n) is 6.73. The van der Waals surface area contributed by atoms with Crippen molar-refractivity contribution in [1.29, 1.82) is 0 Å². The van der Waals surface area contributed by atoms with E-state index in [0.717, 1.165) is 29.9 Å². The molecule has 3 nitrogen and oxygen atoms in total. The summed E-state index contributed by atoms with van der Waals surface area (Å²) in [6.45, 7) is 1.76. The van der Waals surface area contributed by atoms with Gasteiger partial charge in [-0.15, -0.1) is 0 Å². The molecule has 0 bridgehead atoms. The van der Waals surface area contributed by atoms with Gasteiger partial charge in [-0.05, 0) is 44.7 Å². The molecule has 1 aromatic carbocycles. The van der Waals surface area contributed by atoms with E-state index in [2.05, 4.69) is 0 Å². The van der Waals surface area contributed by atoms with Crippen LogP contribution in [0.15, 0.2) is 18.2 Å². The highest BCUT2D eigenvalue weighted by molar-refractivity contribution is 5.42. The number of hydrogen-bond donors (Lipinski definition) is 1. The van der Waals surface area contributed by atoms with Crippen LogP contribution in [0.5, 0.6) is 11.5 Å². The molecular weight excluding hydrogens is 228 g/mol. The minimum atomic E-state index is -0.519. The number of methoxy groups -OCH3 is 1. The normalized spacial score (nSPS) is 18.4. The van der Waals surface area contributed by atoms with Gasteiger partial charge in [-0.3, -0.25) is 0 Å². The lowest BCUT2D eigenvalue weighted by atomic mass is 9.97. The van der Waals surface area contributed by atoms with Gasteiger partial charge in [0.1, 0.15) is 11.5 Å². The van der Waals surface area contributed by atoms with E-state index in [4.69, 9.17) is 9.47 Å². The fourth-order valence-corrected chi connectivity index (χ4v) is 2.45. The highest BCUT2D eigenvalue weighted by atomic mass is 16.5. The van der Waals surface area contributed by atoms with Crippen LogP contribution in [0.3, 0.4) is 0 Å². The fraction of sp³-hybridized carbons (Fsp3) is 0.600. The van der Waals surface area contributed by atoms with E-state index < -0.39 is 6.10 Å². The Labute approximate surface area is 109 Å². The minimum Gasteiger partial charge on any atom is -0.497 e. The molecule has 0 amide bonds. The molecule has 1 saturated carbocycles. The van der Waals surface area contributed by atoms with Crippen molar-refractivity contribution < 1.29 is 14.6 Å². The van der Waals surface area contributed by atoms with Crippen LogP contribution < -0.4 is 9.47 Å². The number of benzene rings is 1. The second-order valence-corrected chi connectivity index (χ2v) is 4.96. The van der Waals surface area contributed by atoms with Gasteiger partial charge in [0.05, 0.1) is 19.3 Å². The molecule has 2 rings (SSSR count). The molecule has 1 aliphatic carbocycles. The number of aliphatic hydroxyl groups excluding tert-OH is 1. The summed E-state index contributed by atoms with van der Waals surface area (Å²) in [4.78, 5) is 0. The van der Waals surface area contributed by atoms with Gasteiger partial charge < -0.3 is 14.6 Å². The summed E-state index contributed by atoms with van der Waals surface area (Å²) in [5, 5.41) is 9.78. The van der Waals surface area contributed by atoms with Crippen LogP contribution in [0.25, 0.3) is 0 Å². The number of rotatable bonds is 4. The summed E-state index contributed by atoms with van der Waals surface area (Å²) >= 11 is 0. The topological polar surface area (TPSA) is 38.7 Å². The molecule has 0 heterocycles. The van der Waals surface area contributed by atoms with Crippen molar-refractivity contribution in [2.24, 2.45) is 0 Å². The van der Waals surface area contributed by atoms with Crippen LogP contribution in [-0.4, -0.2) is 18.3 Å². The molecule has 0 radical (unpaired) electrons. The number of hydrogen-bond acceptors (Lipinski definition) is 3. The van der Waals surface area contributed by atoms with E-state index in [0.29, 0.717) is 0 Å². The maximum Gasteiger partial charge on any atom is 0.129 e. The average Bonchev–Trinajstić information content (AvgIpc) is 2.39. The van der Waals surface area contributed by atoms with Crippen molar-refractivity contribution in [3.05, 3.63) is 23.8 Å². The molecule has 18 heavy (non-hydrogen) atoms. The van der Waals surface area contributed by atoms with Crippen LogP contribution >= 0.6 is 0 Å². The summed E-state index contributed by atoms with van der Waals surface area (Å²) in [5.74, 6) is 1.53. The molecule has 1 fully saturated rings. The van der Waals surface area contributed by atoms with Gasteiger partial charge in [0.2, 0.25) is 0 Å². The molecule has 100 valence electrons. The van der Waals surface area contributed by atoms with Crippen molar-refractivity contribution in [1.82, 2.24) is 0 Å². The SMILES string of the molecule is COc1ccc([C@H](C)O)c(OC2CCCCC2)c1. The van der Waals surface area contributed by atoms with Crippen LogP contribution in [-0.2, 0) is 0 Å². The average molecular weight is 250 g/mol. The molecule has 1 N–H and O–H groups in total. The molecule has 0 aromatic heterocycles. The van der Waals surface area contributed by atoms with E-state index in [-0.39, 0.29) is 6.10 Å². The number of ether oxygens (including phenoxy) is 2. The van der Waals surface area contributed by atoms with E-state index in [9.17, 15) is 5.11 Å². The zero-order valence-electron chi connectivity index (χ0n) is 11.2. The second-order valence-electron chi connectivity index (χ2n) is 4.96. The molecule has 1 aliphatic rings.